The molecule has 42 heavy (non-hydrogen) atoms. The van der Waals surface area contributed by atoms with Crippen LogP contribution in [0.1, 0.15) is 44.4 Å². The summed E-state index contributed by atoms with van der Waals surface area (Å²) < 4.78 is 2.64. The number of nitrogens with zero attached hydrogens (tertiary/aromatic N) is 4. The van der Waals surface area contributed by atoms with Crippen molar-refractivity contribution in [3.63, 3.8) is 0 Å². The van der Waals surface area contributed by atoms with Gasteiger partial charge in [-0.3, -0.25) is 19.8 Å². The number of fused-ring (bicyclic) bond motifs is 2. The molecule has 0 saturated carbocycles. The van der Waals surface area contributed by atoms with Gasteiger partial charge in [-0.25, -0.2) is 14.8 Å². The Bertz CT molecular complexity index is 2060. The first-order valence-electron chi connectivity index (χ1n) is 13.2. The summed E-state index contributed by atoms with van der Waals surface area (Å²) in [4.78, 5) is 55.2. The lowest BCUT2D eigenvalue weighted by molar-refractivity contribution is 0.0697. The van der Waals surface area contributed by atoms with E-state index in [0.717, 1.165) is 11.0 Å². The molecule has 3 aromatic carbocycles. The third-order valence-corrected chi connectivity index (χ3v) is 7.48. The van der Waals surface area contributed by atoms with Gasteiger partial charge in [0.2, 0.25) is 11.9 Å². The lowest BCUT2D eigenvalue weighted by Crippen LogP contribution is -2.26. The van der Waals surface area contributed by atoms with E-state index in [1.54, 1.807) is 26.0 Å². The number of H-pyrrole nitrogens is 4. The van der Waals surface area contributed by atoms with Crippen molar-refractivity contribution >= 4 is 28.0 Å². The molecule has 0 atom stereocenters. The van der Waals surface area contributed by atoms with Crippen LogP contribution < -0.4 is 11.1 Å². The van der Waals surface area contributed by atoms with Crippen LogP contribution in [0.3, 0.4) is 0 Å². The second kappa shape index (κ2) is 9.34. The van der Waals surface area contributed by atoms with Gasteiger partial charge in [-0.1, -0.05) is 36.4 Å². The summed E-state index contributed by atoms with van der Waals surface area (Å²) in [5.41, 5.74) is 4.53. The maximum Gasteiger partial charge on any atom is 0.335 e. The van der Waals surface area contributed by atoms with Gasteiger partial charge in [0.1, 0.15) is 0 Å². The number of hydrogen-bond acceptors (Lipinski definition) is 5. The molecule has 7 aromatic rings. The first-order chi connectivity index (χ1) is 20.3. The monoisotopic (exact) mass is 560 g/mol. The summed E-state index contributed by atoms with van der Waals surface area (Å²) in [5, 5.41) is 15.7. The predicted octanol–water partition coefficient (Wildman–Crippen LogP) is 3.89. The molecular formula is C30H24N8O4. The van der Waals surface area contributed by atoms with E-state index in [9.17, 15) is 19.5 Å². The van der Waals surface area contributed by atoms with Crippen molar-refractivity contribution in [2.45, 2.75) is 19.8 Å². The number of aromatic amines is 4. The molecule has 12 nitrogen and oxygen atoms in total. The minimum atomic E-state index is -1.08. The van der Waals surface area contributed by atoms with E-state index in [1.165, 1.54) is 21.5 Å². The summed E-state index contributed by atoms with van der Waals surface area (Å²) in [6.07, 6.45) is 0. The number of imidazole rings is 2. The predicted molar refractivity (Wildman–Crippen MR) is 156 cm³/mol. The van der Waals surface area contributed by atoms with Crippen molar-refractivity contribution in [3.8, 4) is 11.9 Å². The summed E-state index contributed by atoms with van der Waals surface area (Å²) in [6.45, 7) is 3.52. The number of carboxylic acid groups (broad SMARTS) is 1. The summed E-state index contributed by atoms with van der Waals surface area (Å²) in [7, 11) is 0. The van der Waals surface area contributed by atoms with Gasteiger partial charge in [0, 0.05) is 17.3 Å². The number of carbonyl (C=O) groups is 1. The molecule has 4 heterocycles. The van der Waals surface area contributed by atoms with E-state index < -0.39 is 23.0 Å². The van der Waals surface area contributed by atoms with Crippen LogP contribution >= 0.6 is 0 Å². The SMILES string of the molecule is Cc1[nH]n(-c2nc3ccccc3[nH]2)c(=O)c1C(c1ccc(C(=O)O)cc1)c1c(C)[nH]n(-c2nc3ccccc3[nH]2)c1=O. The van der Waals surface area contributed by atoms with E-state index in [2.05, 4.69) is 30.1 Å². The van der Waals surface area contributed by atoms with Crippen LogP contribution in [0.25, 0.3) is 34.0 Å². The molecule has 12 heteroatoms. The lowest BCUT2D eigenvalue weighted by Gasteiger charge is -2.16. The number of aromatic nitrogens is 8. The fraction of sp³-hybridized carbons (Fsp3) is 0.100. The molecule has 0 unspecified atom stereocenters. The number of nitrogens with one attached hydrogen (secondary N) is 4. The van der Waals surface area contributed by atoms with Crippen LogP contribution in [0, 0.1) is 13.8 Å². The summed E-state index contributed by atoms with van der Waals surface area (Å²) >= 11 is 0. The molecule has 0 amide bonds. The normalized spacial score (nSPS) is 11.7. The fourth-order valence-electron chi connectivity index (χ4n) is 5.48. The quantitative estimate of drug-likeness (QED) is 0.207. The van der Waals surface area contributed by atoms with Gasteiger partial charge in [0.25, 0.3) is 11.1 Å². The Hall–Kier alpha value is -5.91. The second-order valence-electron chi connectivity index (χ2n) is 10.1. The van der Waals surface area contributed by atoms with Crippen LogP contribution in [0.5, 0.6) is 0 Å². The van der Waals surface area contributed by atoms with Crippen molar-refractivity contribution in [1.82, 2.24) is 39.5 Å². The zero-order valence-corrected chi connectivity index (χ0v) is 22.5. The van der Waals surface area contributed by atoms with E-state index in [1.807, 2.05) is 48.5 Å². The minimum absolute atomic E-state index is 0.0912. The highest BCUT2D eigenvalue weighted by Gasteiger charge is 2.31. The van der Waals surface area contributed by atoms with Crippen molar-refractivity contribution in [2.75, 3.05) is 0 Å². The third kappa shape index (κ3) is 3.88. The summed E-state index contributed by atoms with van der Waals surface area (Å²) in [6, 6.07) is 21.1. The number of hydrogen-bond donors (Lipinski definition) is 5. The zero-order chi connectivity index (χ0) is 29.1. The van der Waals surface area contributed by atoms with Crippen LogP contribution in [0.15, 0.2) is 82.4 Å². The molecule has 0 radical (unpaired) electrons. The molecule has 0 aliphatic rings. The molecule has 0 bridgehead atoms. The minimum Gasteiger partial charge on any atom is -0.478 e. The number of aromatic carboxylic acids is 1. The van der Waals surface area contributed by atoms with E-state index in [4.69, 9.17) is 0 Å². The van der Waals surface area contributed by atoms with Crippen molar-refractivity contribution in [3.05, 3.63) is 127 Å². The number of aryl methyl sites for hydroxylation is 2. The van der Waals surface area contributed by atoms with Crippen molar-refractivity contribution in [2.24, 2.45) is 0 Å². The van der Waals surface area contributed by atoms with Crippen LogP contribution in [-0.2, 0) is 0 Å². The average Bonchev–Trinajstić information content (AvgIpc) is 3.74. The molecule has 0 aliphatic carbocycles. The third-order valence-electron chi connectivity index (χ3n) is 7.48. The van der Waals surface area contributed by atoms with Crippen molar-refractivity contribution in [1.29, 1.82) is 0 Å². The van der Waals surface area contributed by atoms with Gasteiger partial charge in [0.15, 0.2) is 0 Å². The number of para-hydroxylation sites is 4. The second-order valence-corrected chi connectivity index (χ2v) is 10.1. The molecular weight excluding hydrogens is 536 g/mol. The van der Waals surface area contributed by atoms with Gasteiger partial charge < -0.3 is 15.1 Å². The maximum atomic E-state index is 14.1. The molecule has 0 fully saturated rings. The van der Waals surface area contributed by atoms with Gasteiger partial charge >= 0.3 is 5.97 Å². The summed E-state index contributed by atoms with van der Waals surface area (Å²) in [5.74, 6) is -1.30. The first kappa shape index (κ1) is 25.1. The van der Waals surface area contributed by atoms with Crippen LogP contribution in [0.2, 0.25) is 0 Å². The van der Waals surface area contributed by atoms with E-state index >= 15 is 0 Å². The molecule has 0 saturated heterocycles. The van der Waals surface area contributed by atoms with Crippen LogP contribution in [-0.4, -0.2) is 50.6 Å². The Morgan fingerprint density at radius 1 is 0.714 bits per heavy atom. The van der Waals surface area contributed by atoms with Gasteiger partial charge in [-0.05, 0) is 55.8 Å². The molecule has 7 rings (SSSR count). The lowest BCUT2D eigenvalue weighted by atomic mass is 9.85. The molecule has 5 N–H and O–H groups in total. The highest BCUT2D eigenvalue weighted by atomic mass is 16.4. The van der Waals surface area contributed by atoms with E-state index in [0.29, 0.717) is 51.0 Å². The Kier molecular flexibility index (Phi) is 5.58. The largest absolute Gasteiger partial charge is 0.478 e. The molecule has 4 aromatic heterocycles. The Morgan fingerprint density at radius 2 is 1.17 bits per heavy atom. The maximum absolute atomic E-state index is 14.1. The Balaban J connectivity index is 1.44. The van der Waals surface area contributed by atoms with Gasteiger partial charge in [-0.15, -0.1) is 0 Å². The molecule has 208 valence electrons. The highest BCUT2D eigenvalue weighted by Crippen LogP contribution is 2.32. The van der Waals surface area contributed by atoms with Crippen molar-refractivity contribution < 1.29 is 9.90 Å². The number of rotatable bonds is 6. The zero-order valence-electron chi connectivity index (χ0n) is 22.5. The van der Waals surface area contributed by atoms with E-state index in [-0.39, 0.29) is 5.56 Å². The van der Waals surface area contributed by atoms with Gasteiger partial charge in [-0.2, -0.15) is 9.36 Å². The highest BCUT2D eigenvalue weighted by molar-refractivity contribution is 5.87. The fourth-order valence-corrected chi connectivity index (χ4v) is 5.48. The topological polar surface area (TPSA) is 170 Å². The number of benzene rings is 3. The molecule has 0 spiro atoms. The standard InChI is InChI=1S/C30H24N8O4/c1-15-23(26(39)37(35-15)29-31-19-7-3-4-8-20(19)32-29)25(17-11-13-18(14-12-17)28(41)42)24-16(2)36-38(27(24)40)30-33-21-9-5-6-10-22(21)34-30/h3-14,25,35-36H,1-2H3,(H,31,32)(H,33,34)(H,41,42). The van der Waals surface area contributed by atoms with Crippen LogP contribution in [0.4, 0.5) is 0 Å². The molecule has 0 aliphatic heterocycles. The first-order valence-corrected chi connectivity index (χ1v) is 13.2. The Labute approximate surface area is 236 Å². The van der Waals surface area contributed by atoms with Gasteiger partial charge in [0.05, 0.1) is 38.8 Å². The number of carboxylic acids is 1. The Morgan fingerprint density at radius 3 is 1.60 bits per heavy atom. The average molecular weight is 561 g/mol. The smallest absolute Gasteiger partial charge is 0.335 e.